The van der Waals surface area contributed by atoms with Crippen molar-refractivity contribution in [2.75, 3.05) is 12.3 Å². The molecule has 4 rings (SSSR count). The molecule has 0 amide bonds. The van der Waals surface area contributed by atoms with Crippen molar-refractivity contribution in [1.29, 1.82) is 0 Å². The van der Waals surface area contributed by atoms with E-state index in [4.69, 9.17) is 35.6 Å². The van der Waals surface area contributed by atoms with Crippen LogP contribution in [0.5, 0.6) is 5.75 Å². The molecule has 174 valence electrons. The molecule has 0 radical (unpaired) electrons. The van der Waals surface area contributed by atoms with Crippen LogP contribution in [0, 0.1) is 0 Å². The minimum Gasteiger partial charge on any atom is -0.404 e. The zero-order valence-corrected chi connectivity index (χ0v) is 17.7. The van der Waals surface area contributed by atoms with Crippen molar-refractivity contribution in [2.45, 2.75) is 37.1 Å². The van der Waals surface area contributed by atoms with E-state index in [1.165, 1.54) is 6.07 Å². The number of rotatable bonds is 5. The number of benzene rings is 1. The predicted octanol–water partition coefficient (Wildman–Crippen LogP) is 1.47. The molecule has 0 spiro atoms. The number of phosphoric ester groups is 1. The van der Waals surface area contributed by atoms with Gasteiger partial charge in [0.05, 0.1) is 18.2 Å². The predicted molar refractivity (Wildman–Crippen MR) is 104 cm³/mol. The second-order valence-corrected chi connectivity index (χ2v) is 9.06. The summed E-state index contributed by atoms with van der Waals surface area (Å²) in [6.07, 6.45) is -8.65. The molecule has 15 heteroatoms. The van der Waals surface area contributed by atoms with Gasteiger partial charge in [-0.15, -0.1) is 0 Å². The Morgan fingerprint density at radius 1 is 1.41 bits per heavy atom. The van der Waals surface area contributed by atoms with Crippen LogP contribution in [0.3, 0.4) is 0 Å². The second-order valence-electron chi connectivity index (χ2n) is 7.06. The number of anilines is 1. The smallest absolute Gasteiger partial charge is 0.404 e. The van der Waals surface area contributed by atoms with Crippen molar-refractivity contribution in [1.82, 2.24) is 9.55 Å². The van der Waals surface area contributed by atoms with E-state index in [0.717, 1.165) is 6.20 Å². The van der Waals surface area contributed by atoms with Crippen LogP contribution >= 0.6 is 19.4 Å². The number of nitrogens with two attached hydrogens (primary N) is 1. The molecular formula is C17H17ClF2N3O8P. The van der Waals surface area contributed by atoms with E-state index in [9.17, 15) is 28.4 Å². The van der Waals surface area contributed by atoms with Crippen LogP contribution in [0.2, 0.25) is 5.02 Å². The topological polar surface area (TPSA) is 155 Å². The van der Waals surface area contributed by atoms with Gasteiger partial charge >= 0.3 is 13.5 Å². The molecule has 0 aliphatic carbocycles. The molecule has 4 N–H and O–H groups in total. The lowest BCUT2D eigenvalue weighted by Gasteiger charge is -2.32. The van der Waals surface area contributed by atoms with Crippen molar-refractivity contribution in [3.8, 4) is 5.75 Å². The van der Waals surface area contributed by atoms with Crippen LogP contribution in [0.4, 0.5) is 14.6 Å². The number of phosphoric acid groups is 1. The largest absolute Gasteiger partial charge is 0.530 e. The highest BCUT2D eigenvalue weighted by molar-refractivity contribution is 7.49. The highest BCUT2D eigenvalue weighted by atomic mass is 35.5. The molecule has 2 aliphatic rings. The number of aliphatic hydroxyl groups excluding tert-OH is 2. The monoisotopic (exact) mass is 495 g/mol. The average molecular weight is 496 g/mol. The van der Waals surface area contributed by atoms with Gasteiger partial charge in [0, 0.05) is 11.8 Å². The van der Waals surface area contributed by atoms with Gasteiger partial charge in [0.15, 0.2) is 11.8 Å². The number of ether oxygens (including phenoxy) is 1. The molecule has 2 aromatic rings. The average Bonchev–Trinajstić information content (AvgIpc) is 3.01. The molecule has 5 atom stereocenters. The summed E-state index contributed by atoms with van der Waals surface area (Å²) in [5.74, 6) is -0.150. The Kier molecular flexibility index (Phi) is 6.01. The van der Waals surface area contributed by atoms with E-state index >= 15 is 0 Å². The van der Waals surface area contributed by atoms with Crippen molar-refractivity contribution < 1.29 is 41.9 Å². The van der Waals surface area contributed by atoms with E-state index < -0.39 is 50.6 Å². The van der Waals surface area contributed by atoms with Crippen molar-refractivity contribution in [3.05, 3.63) is 51.5 Å². The van der Waals surface area contributed by atoms with Gasteiger partial charge in [0.25, 0.3) is 6.43 Å². The molecular weight excluding hydrogens is 479 g/mol. The Labute approximate surface area is 183 Å². The summed E-state index contributed by atoms with van der Waals surface area (Å²) < 4.78 is 62.1. The third-order valence-corrected chi connectivity index (χ3v) is 6.65. The fourth-order valence-corrected chi connectivity index (χ4v) is 4.69. The highest BCUT2D eigenvalue weighted by Gasteiger charge is 2.62. The first kappa shape index (κ1) is 23.1. The van der Waals surface area contributed by atoms with E-state index in [0.29, 0.717) is 10.1 Å². The first-order chi connectivity index (χ1) is 15.1. The molecule has 1 aromatic carbocycles. The molecule has 2 aliphatic heterocycles. The van der Waals surface area contributed by atoms with Gasteiger partial charge in [-0.25, -0.2) is 18.1 Å². The normalized spacial score (nSPS) is 32.0. The van der Waals surface area contributed by atoms with E-state index in [1.54, 1.807) is 18.2 Å². The van der Waals surface area contributed by atoms with Gasteiger partial charge < -0.3 is 25.2 Å². The summed E-state index contributed by atoms with van der Waals surface area (Å²) in [7, 11) is -4.37. The lowest BCUT2D eigenvalue weighted by molar-refractivity contribution is -0.194. The molecule has 1 saturated heterocycles. The zero-order chi connectivity index (χ0) is 23.3. The zero-order valence-electron chi connectivity index (χ0n) is 16.0. The number of hydrogen-bond acceptors (Lipinski definition) is 10. The molecule has 3 heterocycles. The first-order valence-electron chi connectivity index (χ1n) is 9.09. The lowest BCUT2D eigenvalue weighted by Crippen LogP contribution is -2.52. The minimum atomic E-state index is -4.37. The number of hydrogen-bond donors (Lipinski definition) is 3. The number of halogens is 3. The van der Waals surface area contributed by atoms with Gasteiger partial charge in [-0.05, 0) is 6.07 Å². The second kappa shape index (κ2) is 8.34. The first-order valence-corrected chi connectivity index (χ1v) is 10.9. The van der Waals surface area contributed by atoms with E-state index in [2.05, 4.69) is 4.98 Å². The number of aromatic nitrogens is 2. The summed E-state index contributed by atoms with van der Waals surface area (Å²) in [6, 6.07) is 6.43. The number of fused-ring (bicyclic) bond motifs is 1. The maximum Gasteiger partial charge on any atom is 0.530 e. The summed E-state index contributed by atoms with van der Waals surface area (Å²) >= 11 is 5.81. The Morgan fingerprint density at radius 2 is 2.12 bits per heavy atom. The van der Waals surface area contributed by atoms with Crippen LogP contribution in [0.25, 0.3) is 0 Å². The van der Waals surface area contributed by atoms with Crippen LogP contribution in [-0.4, -0.2) is 50.6 Å². The van der Waals surface area contributed by atoms with Crippen LogP contribution in [0.15, 0.2) is 35.3 Å². The number of para-hydroxylation sites is 1. The molecule has 1 fully saturated rings. The minimum absolute atomic E-state index is 0.172. The van der Waals surface area contributed by atoms with Gasteiger partial charge in [-0.2, -0.15) is 4.98 Å². The molecule has 5 unspecified atom stereocenters. The summed E-state index contributed by atoms with van der Waals surface area (Å²) in [6.45, 7) is -1.38. The maximum atomic E-state index is 14.1. The Morgan fingerprint density at radius 3 is 2.84 bits per heavy atom. The molecule has 1 aromatic heterocycles. The van der Waals surface area contributed by atoms with Crippen LogP contribution in [0.1, 0.15) is 11.8 Å². The summed E-state index contributed by atoms with van der Waals surface area (Å²) in [5, 5.41) is 20.5. The Balaban J connectivity index is 1.59. The summed E-state index contributed by atoms with van der Waals surface area (Å²) in [5.41, 5.74) is 2.02. The molecule has 11 nitrogen and oxygen atoms in total. The van der Waals surface area contributed by atoms with Crippen molar-refractivity contribution >= 4 is 25.2 Å². The maximum absolute atomic E-state index is 14.1. The van der Waals surface area contributed by atoms with Gasteiger partial charge in [0.1, 0.15) is 23.8 Å². The number of alkyl halides is 2. The third-order valence-electron chi connectivity index (χ3n) is 5.04. The van der Waals surface area contributed by atoms with Crippen LogP contribution in [-0.2, 0) is 25.0 Å². The fraction of sp³-hybridized carbons (Fsp3) is 0.412. The van der Waals surface area contributed by atoms with Gasteiger partial charge in [0.2, 0.25) is 0 Å². The third kappa shape index (κ3) is 3.90. The molecule has 0 saturated carbocycles. The van der Waals surface area contributed by atoms with Gasteiger partial charge in [-0.3, -0.25) is 13.6 Å². The molecule has 0 bridgehead atoms. The Hall–Kier alpha value is -2.12. The number of nitrogens with zero attached hydrogens (tertiary/aromatic N) is 2. The lowest BCUT2D eigenvalue weighted by atomic mass is 9.96. The molecule has 32 heavy (non-hydrogen) atoms. The number of nitrogen functional groups attached to an aromatic ring is 1. The highest BCUT2D eigenvalue weighted by Crippen LogP contribution is 2.56. The number of aliphatic hydroxyl groups is 2. The van der Waals surface area contributed by atoms with Gasteiger partial charge in [-0.1, -0.05) is 29.8 Å². The fourth-order valence-electron chi connectivity index (χ4n) is 3.28. The quantitative estimate of drug-likeness (QED) is 0.519. The van der Waals surface area contributed by atoms with Crippen molar-refractivity contribution in [3.63, 3.8) is 0 Å². The van der Waals surface area contributed by atoms with Crippen molar-refractivity contribution in [2.24, 2.45) is 0 Å². The van der Waals surface area contributed by atoms with E-state index in [1.807, 2.05) is 0 Å². The van der Waals surface area contributed by atoms with Crippen LogP contribution < -0.4 is 15.9 Å². The Bertz CT molecular complexity index is 1140. The standard InChI is InChI=1S/C17H17ClF2N3O8P/c18-9-5-23(16(26)22-13(9)21)14-11(24)12(25)17(30-14,15(19)20)7-29-32(27)28-6-8-3-1-2-4-10(8)31-32/h1-5,11-12,14-15,24-25H,6-7H2,(H2,21,22,26). The van der Waals surface area contributed by atoms with E-state index in [-0.39, 0.29) is 23.2 Å². The summed E-state index contributed by atoms with van der Waals surface area (Å²) in [4.78, 5) is 15.5. The SMILES string of the molecule is Nc1nc(=O)n(C2OC(COP3(=O)OCc4ccccc4O3)(C(F)F)C(O)C2O)cc1Cl.